The summed E-state index contributed by atoms with van der Waals surface area (Å²) in [4.78, 5) is 25.1. The number of hydrogen-bond acceptors (Lipinski definition) is 7. The van der Waals surface area contributed by atoms with Gasteiger partial charge >= 0.3 is 0 Å². The highest BCUT2D eigenvalue weighted by atomic mass is 32.2. The highest BCUT2D eigenvalue weighted by molar-refractivity contribution is 7.89. The topological polar surface area (TPSA) is 110 Å². The average molecular weight is 500 g/mol. The van der Waals surface area contributed by atoms with Gasteiger partial charge in [0.2, 0.25) is 15.9 Å². The van der Waals surface area contributed by atoms with Crippen LogP contribution in [0.2, 0.25) is 0 Å². The number of aromatic nitrogens is 1. The zero-order valence-electron chi connectivity index (χ0n) is 18.9. The van der Waals surface area contributed by atoms with Gasteiger partial charge < -0.3 is 9.84 Å². The minimum atomic E-state index is -3.83. The molecule has 1 aliphatic rings. The lowest BCUT2D eigenvalue weighted by atomic mass is 9.97. The van der Waals surface area contributed by atoms with E-state index < -0.39 is 10.0 Å². The van der Waals surface area contributed by atoms with Crippen molar-refractivity contribution in [2.45, 2.75) is 31.6 Å². The van der Waals surface area contributed by atoms with E-state index in [9.17, 15) is 18.0 Å². The Morgan fingerprint density at radius 2 is 1.85 bits per heavy atom. The lowest BCUT2D eigenvalue weighted by molar-refractivity contribution is -0.120. The molecular formula is C24H25N3O5S2. The maximum atomic E-state index is 13.4. The van der Waals surface area contributed by atoms with Gasteiger partial charge in [0.05, 0.1) is 0 Å². The number of carbonyl (C=O) groups is 2. The second-order valence-electron chi connectivity index (χ2n) is 8.11. The molecular weight excluding hydrogens is 474 g/mol. The molecule has 2 aromatic heterocycles. The van der Waals surface area contributed by atoms with Crippen molar-refractivity contribution in [1.29, 1.82) is 0 Å². The van der Waals surface area contributed by atoms with Crippen LogP contribution >= 0.6 is 11.3 Å². The first-order valence-electron chi connectivity index (χ1n) is 10.9. The molecule has 0 spiro atoms. The smallest absolute Gasteiger partial charge is 0.248 e. The Balaban J connectivity index is 1.41. The fraction of sp³-hybridized carbons (Fsp3) is 0.292. The summed E-state index contributed by atoms with van der Waals surface area (Å²) in [6, 6.07) is 10.5. The number of benzene rings is 1. The first-order valence-corrected chi connectivity index (χ1v) is 13.2. The molecule has 4 rings (SSSR count). The summed E-state index contributed by atoms with van der Waals surface area (Å²) < 4.78 is 33.4. The maximum Gasteiger partial charge on any atom is 0.248 e. The minimum absolute atomic E-state index is 0.0420. The van der Waals surface area contributed by atoms with Crippen molar-refractivity contribution in [3.63, 3.8) is 0 Å². The molecule has 0 atom stereocenters. The van der Waals surface area contributed by atoms with Gasteiger partial charge in [0.15, 0.2) is 16.4 Å². The molecule has 1 amide bonds. The van der Waals surface area contributed by atoms with Gasteiger partial charge in [-0.15, -0.1) is 11.3 Å². The zero-order valence-corrected chi connectivity index (χ0v) is 20.5. The van der Waals surface area contributed by atoms with Gasteiger partial charge in [-0.3, -0.25) is 9.59 Å². The van der Waals surface area contributed by atoms with Crippen LogP contribution in [-0.4, -0.2) is 42.7 Å². The molecule has 10 heteroatoms. The summed E-state index contributed by atoms with van der Waals surface area (Å²) in [5.41, 5.74) is 1.48. The summed E-state index contributed by atoms with van der Waals surface area (Å²) >= 11 is 1.53. The predicted octanol–water partition coefficient (Wildman–Crippen LogP) is 4.46. The molecule has 178 valence electrons. The Bertz CT molecular complexity index is 1300. The number of anilines is 1. The second-order valence-corrected chi connectivity index (χ2v) is 11.0. The lowest BCUT2D eigenvalue weighted by Crippen LogP contribution is -2.41. The van der Waals surface area contributed by atoms with Gasteiger partial charge in [-0.05, 0) is 74.6 Å². The molecule has 0 bridgehead atoms. The third-order valence-electron chi connectivity index (χ3n) is 5.76. The van der Waals surface area contributed by atoms with E-state index in [0.29, 0.717) is 29.8 Å². The van der Waals surface area contributed by atoms with Gasteiger partial charge in [-0.2, -0.15) is 4.31 Å². The Morgan fingerprint density at radius 3 is 2.47 bits per heavy atom. The fourth-order valence-corrected chi connectivity index (χ4v) is 6.20. The number of hydrogen-bond donors (Lipinski definition) is 1. The maximum absolute atomic E-state index is 13.4. The van der Waals surface area contributed by atoms with E-state index in [1.807, 2.05) is 17.5 Å². The van der Waals surface area contributed by atoms with Crippen LogP contribution in [0.4, 0.5) is 5.69 Å². The number of ketones is 1. The van der Waals surface area contributed by atoms with E-state index >= 15 is 0 Å². The van der Waals surface area contributed by atoms with Crippen LogP contribution in [-0.2, 0) is 14.8 Å². The Kier molecular flexibility index (Phi) is 7.11. The van der Waals surface area contributed by atoms with Crippen LogP contribution in [0.25, 0.3) is 12.2 Å². The molecule has 0 radical (unpaired) electrons. The normalized spacial score (nSPS) is 15.6. The summed E-state index contributed by atoms with van der Waals surface area (Å²) in [5, 5.41) is 8.66. The number of sulfonamides is 1. The van der Waals surface area contributed by atoms with Crippen molar-refractivity contribution in [1.82, 2.24) is 9.46 Å². The predicted molar refractivity (Wildman–Crippen MR) is 131 cm³/mol. The lowest BCUT2D eigenvalue weighted by Gasteiger charge is -2.30. The van der Waals surface area contributed by atoms with Crippen LogP contribution < -0.4 is 5.32 Å². The molecule has 3 aromatic rings. The third kappa shape index (κ3) is 5.19. The summed E-state index contributed by atoms with van der Waals surface area (Å²) in [6.45, 7) is 3.54. The minimum Gasteiger partial charge on any atom is -0.355 e. The molecule has 0 saturated carbocycles. The molecule has 0 aliphatic carbocycles. The van der Waals surface area contributed by atoms with Crippen molar-refractivity contribution in [3.05, 3.63) is 63.7 Å². The van der Waals surface area contributed by atoms with Gasteiger partial charge in [-0.1, -0.05) is 11.2 Å². The van der Waals surface area contributed by atoms with Gasteiger partial charge in [-0.25, -0.2) is 8.42 Å². The molecule has 1 fully saturated rings. The zero-order chi connectivity index (χ0) is 24.3. The van der Waals surface area contributed by atoms with Gasteiger partial charge in [0.1, 0.15) is 5.69 Å². The number of nitrogens with one attached hydrogen (secondary N) is 1. The van der Waals surface area contributed by atoms with Crippen molar-refractivity contribution in [2.24, 2.45) is 5.92 Å². The number of nitrogens with zero attached hydrogens (tertiary/aromatic N) is 2. The van der Waals surface area contributed by atoms with E-state index in [2.05, 4.69) is 10.5 Å². The largest absolute Gasteiger partial charge is 0.355 e. The molecule has 3 heterocycles. The van der Waals surface area contributed by atoms with E-state index in [-0.39, 0.29) is 41.4 Å². The molecule has 1 aromatic carbocycles. The number of thiophene rings is 1. The SMILES string of the molecule is CC(=O)c1ccc(NC(=O)C2CCN(S(=O)(=O)c3c(C)noc3C=Cc3cccs3)CC2)cc1. The summed E-state index contributed by atoms with van der Waals surface area (Å²) in [6.07, 6.45) is 4.22. The monoisotopic (exact) mass is 499 g/mol. The first-order chi connectivity index (χ1) is 16.3. The molecule has 1 N–H and O–H groups in total. The molecule has 1 saturated heterocycles. The van der Waals surface area contributed by atoms with E-state index in [1.165, 1.54) is 22.6 Å². The number of piperidine rings is 1. The second kappa shape index (κ2) is 10.0. The average Bonchev–Trinajstić information content (AvgIpc) is 3.47. The molecule has 1 aliphatic heterocycles. The molecule has 8 nitrogen and oxygen atoms in total. The quantitative estimate of drug-likeness (QED) is 0.481. The number of Topliss-reactive ketones (excluding diaryl/α,β-unsaturated/α-hetero) is 1. The van der Waals surface area contributed by atoms with E-state index in [0.717, 1.165) is 4.88 Å². The third-order valence-corrected chi connectivity index (χ3v) is 8.65. The molecule has 0 unspecified atom stereocenters. The number of aryl methyl sites for hydroxylation is 1. The van der Waals surface area contributed by atoms with E-state index in [4.69, 9.17) is 4.52 Å². The fourth-order valence-electron chi connectivity index (χ4n) is 3.86. The first kappa shape index (κ1) is 24.1. The van der Waals surface area contributed by atoms with Crippen LogP contribution in [0.15, 0.2) is 51.2 Å². The highest BCUT2D eigenvalue weighted by Crippen LogP contribution is 2.30. The van der Waals surface area contributed by atoms with Crippen molar-refractivity contribution in [2.75, 3.05) is 18.4 Å². The van der Waals surface area contributed by atoms with Crippen molar-refractivity contribution in [3.8, 4) is 0 Å². The standard InChI is InChI=1S/C24H25N3O5S2/c1-16-23(22(32-26-16)10-9-21-4-3-15-33-21)34(30,31)27-13-11-19(12-14-27)24(29)25-20-7-5-18(6-8-20)17(2)28/h3-10,15,19H,11-14H2,1-2H3,(H,25,29). The number of amides is 1. The Hall–Kier alpha value is -3.08. The van der Waals surface area contributed by atoms with Crippen LogP contribution in [0.5, 0.6) is 0 Å². The van der Waals surface area contributed by atoms with Crippen molar-refractivity contribution >= 4 is 50.9 Å². The number of carbonyl (C=O) groups excluding carboxylic acids is 2. The Morgan fingerprint density at radius 1 is 1.15 bits per heavy atom. The van der Waals surface area contributed by atoms with Crippen LogP contribution in [0, 0.1) is 12.8 Å². The van der Waals surface area contributed by atoms with E-state index in [1.54, 1.807) is 43.3 Å². The summed E-state index contributed by atoms with van der Waals surface area (Å²) in [7, 11) is -3.83. The highest BCUT2D eigenvalue weighted by Gasteiger charge is 2.36. The van der Waals surface area contributed by atoms with Gasteiger partial charge in [0.25, 0.3) is 0 Å². The number of rotatable bonds is 7. The molecule has 34 heavy (non-hydrogen) atoms. The van der Waals surface area contributed by atoms with Gasteiger partial charge in [0, 0.05) is 35.1 Å². The van der Waals surface area contributed by atoms with Crippen LogP contribution in [0.3, 0.4) is 0 Å². The van der Waals surface area contributed by atoms with Crippen LogP contribution in [0.1, 0.15) is 46.5 Å². The Labute approximate surface area is 202 Å². The summed E-state index contributed by atoms with van der Waals surface area (Å²) in [5.74, 6) is -0.312. The van der Waals surface area contributed by atoms with Crippen molar-refractivity contribution < 1.29 is 22.5 Å².